The maximum absolute atomic E-state index is 12.0. The number of esters is 1. The molecular formula is C17H20N6O3. The van der Waals surface area contributed by atoms with Crippen LogP contribution in [-0.4, -0.2) is 30.9 Å². The zero-order valence-electron chi connectivity index (χ0n) is 14.8. The van der Waals surface area contributed by atoms with Crippen molar-refractivity contribution in [3.63, 3.8) is 0 Å². The highest BCUT2D eigenvalue weighted by atomic mass is 16.5. The molecule has 26 heavy (non-hydrogen) atoms. The first kappa shape index (κ1) is 17.6. The Balaban J connectivity index is 1.85. The Bertz CT molecular complexity index is 917. The summed E-state index contributed by atoms with van der Waals surface area (Å²) >= 11 is 0. The monoisotopic (exact) mass is 356 g/mol. The summed E-state index contributed by atoms with van der Waals surface area (Å²) in [6.07, 6.45) is 0. The first-order valence-corrected chi connectivity index (χ1v) is 8.05. The molecule has 0 amide bonds. The highest BCUT2D eigenvalue weighted by Gasteiger charge is 2.24. The number of nitrogens with two attached hydrogens (primary N) is 1. The summed E-state index contributed by atoms with van der Waals surface area (Å²) in [5.74, 6) is -0.100. The molecule has 0 aliphatic rings. The van der Waals surface area contributed by atoms with Crippen molar-refractivity contribution in [3.8, 4) is 5.88 Å². The van der Waals surface area contributed by atoms with Crippen LogP contribution in [0.4, 0.5) is 5.95 Å². The molecule has 3 rings (SSSR count). The number of hydrogen-bond acceptors (Lipinski definition) is 8. The highest BCUT2D eigenvalue weighted by molar-refractivity contribution is 5.77. The summed E-state index contributed by atoms with van der Waals surface area (Å²) < 4.78 is 12.4. The molecule has 0 aliphatic heterocycles. The number of nitrogen functional groups attached to an aromatic ring is 1. The average molecular weight is 356 g/mol. The van der Waals surface area contributed by atoms with E-state index in [-0.39, 0.29) is 30.2 Å². The SMILES string of the molecule is CC(C)(C)C(=O)OCn1nnc2nc(N)nc(OCc3ccccc3)c21. The van der Waals surface area contributed by atoms with E-state index in [9.17, 15) is 4.79 Å². The van der Waals surface area contributed by atoms with Crippen molar-refractivity contribution in [1.82, 2.24) is 25.0 Å². The topological polar surface area (TPSA) is 118 Å². The predicted molar refractivity (Wildman–Crippen MR) is 93.9 cm³/mol. The minimum atomic E-state index is -0.621. The molecule has 9 nitrogen and oxygen atoms in total. The van der Waals surface area contributed by atoms with Crippen LogP contribution < -0.4 is 10.5 Å². The fourth-order valence-corrected chi connectivity index (χ4v) is 2.13. The van der Waals surface area contributed by atoms with Crippen LogP contribution in [0, 0.1) is 5.41 Å². The Morgan fingerprint density at radius 3 is 2.62 bits per heavy atom. The van der Waals surface area contributed by atoms with Gasteiger partial charge in [-0.15, -0.1) is 5.10 Å². The number of fused-ring (bicyclic) bond motifs is 1. The van der Waals surface area contributed by atoms with Crippen LogP contribution in [0.5, 0.6) is 5.88 Å². The van der Waals surface area contributed by atoms with Crippen LogP contribution in [0.15, 0.2) is 30.3 Å². The van der Waals surface area contributed by atoms with E-state index < -0.39 is 5.41 Å². The standard InChI is InChI=1S/C17H20N6O3/c1-17(2,3)15(24)26-10-23-12-13(21-22-23)19-16(18)20-14(12)25-9-11-7-5-4-6-8-11/h4-8H,9-10H2,1-3H3,(H2,18,19,20). The van der Waals surface area contributed by atoms with Gasteiger partial charge in [-0.05, 0) is 26.3 Å². The Morgan fingerprint density at radius 1 is 1.19 bits per heavy atom. The third-order valence-electron chi connectivity index (χ3n) is 3.51. The summed E-state index contributed by atoms with van der Waals surface area (Å²) in [4.78, 5) is 20.1. The van der Waals surface area contributed by atoms with Crippen molar-refractivity contribution < 1.29 is 14.3 Å². The molecule has 136 valence electrons. The van der Waals surface area contributed by atoms with Crippen LogP contribution >= 0.6 is 0 Å². The van der Waals surface area contributed by atoms with Crippen molar-refractivity contribution >= 4 is 23.1 Å². The van der Waals surface area contributed by atoms with E-state index in [1.807, 2.05) is 30.3 Å². The molecular weight excluding hydrogens is 336 g/mol. The Hall–Kier alpha value is -3.23. The second kappa shape index (κ2) is 6.95. The van der Waals surface area contributed by atoms with Gasteiger partial charge in [-0.25, -0.2) is 4.68 Å². The Kier molecular flexibility index (Phi) is 4.70. The van der Waals surface area contributed by atoms with Crippen molar-refractivity contribution in [2.45, 2.75) is 34.1 Å². The summed E-state index contributed by atoms with van der Waals surface area (Å²) in [5.41, 5.74) is 6.75. The number of rotatable bonds is 5. The lowest BCUT2D eigenvalue weighted by atomic mass is 9.98. The van der Waals surface area contributed by atoms with Gasteiger partial charge >= 0.3 is 5.97 Å². The number of ether oxygens (including phenoxy) is 2. The number of nitrogens with zero attached hydrogens (tertiary/aromatic N) is 5. The molecule has 0 atom stereocenters. The average Bonchev–Trinajstić information content (AvgIpc) is 3.00. The molecule has 1 aromatic carbocycles. The largest absolute Gasteiger partial charge is 0.471 e. The lowest BCUT2D eigenvalue weighted by molar-refractivity contribution is -0.157. The van der Waals surface area contributed by atoms with Crippen molar-refractivity contribution in [3.05, 3.63) is 35.9 Å². The lowest BCUT2D eigenvalue weighted by Gasteiger charge is -2.16. The van der Waals surface area contributed by atoms with Gasteiger partial charge in [-0.3, -0.25) is 4.79 Å². The zero-order chi connectivity index (χ0) is 18.7. The molecule has 0 saturated carbocycles. The van der Waals surface area contributed by atoms with E-state index in [1.165, 1.54) is 4.68 Å². The van der Waals surface area contributed by atoms with Gasteiger partial charge in [-0.1, -0.05) is 35.5 Å². The minimum Gasteiger partial charge on any atom is -0.471 e. The van der Waals surface area contributed by atoms with Crippen molar-refractivity contribution in [2.75, 3.05) is 5.73 Å². The van der Waals surface area contributed by atoms with Crippen LogP contribution in [0.1, 0.15) is 26.3 Å². The molecule has 2 N–H and O–H groups in total. The van der Waals surface area contributed by atoms with E-state index in [0.29, 0.717) is 12.1 Å². The van der Waals surface area contributed by atoms with Crippen molar-refractivity contribution in [2.24, 2.45) is 5.41 Å². The first-order chi connectivity index (χ1) is 12.3. The third kappa shape index (κ3) is 3.88. The van der Waals surface area contributed by atoms with Crippen LogP contribution in [-0.2, 0) is 22.9 Å². The number of anilines is 1. The highest BCUT2D eigenvalue weighted by Crippen LogP contribution is 2.23. The van der Waals surface area contributed by atoms with Crippen LogP contribution in [0.2, 0.25) is 0 Å². The zero-order valence-corrected chi connectivity index (χ0v) is 14.8. The van der Waals surface area contributed by atoms with Crippen LogP contribution in [0.3, 0.4) is 0 Å². The second-order valence-electron chi connectivity index (χ2n) is 6.73. The quantitative estimate of drug-likeness (QED) is 0.689. The van der Waals surface area contributed by atoms with Gasteiger partial charge < -0.3 is 15.2 Å². The van der Waals surface area contributed by atoms with Crippen LogP contribution in [0.25, 0.3) is 11.2 Å². The Morgan fingerprint density at radius 2 is 1.92 bits per heavy atom. The maximum Gasteiger partial charge on any atom is 0.313 e. The molecule has 0 unspecified atom stereocenters. The van der Waals surface area contributed by atoms with E-state index in [2.05, 4.69) is 20.3 Å². The molecule has 0 saturated heterocycles. The van der Waals surface area contributed by atoms with E-state index in [1.54, 1.807) is 20.8 Å². The number of benzene rings is 1. The number of aromatic nitrogens is 5. The van der Waals surface area contributed by atoms with E-state index in [0.717, 1.165) is 5.56 Å². The summed E-state index contributed by atoms with van der Waals surface area (Å²) in [7, 11) is 0. The molecule has 0 fully saturated rings. The molecule has 2 heterocycles. The number of carbonyl (C=O) groups is 1. The maximum atomic E-state index is 12.0. The fraction of sp³-hybridized carbons (Fsp3) is 0.353. The molecule has 0 spiro atoms. The molecule has 3 aromatic rings. The van der Waals surface area contributed by atoms with Gasteiger partial charge in [-0.2, -0.15) is 9.97 Å². The third-order valence-corrected chi connectivity index (χ3v) is 3.51. The summed E-state index contributed by atoms with van der Waals surface area (Å²) in [6.45, 7) is 5.48. The normalized spacial score (nSPS) is 11.5. The van der Waals surface area contributed by atoms with Gasteiger partial charge in [0.15, 0.2) is 12.2 Å². The molecule has 0 aliphatic carbocycles. The first-order valence-electron chi connectivity index (χ1n) is 8.05. The molecule has 2 aromatic heterocycles. The van der Waals surface area contributed by atoms with E-state index in [4.69, 9.17) is 15.2 Å². The number of hydrogen-bond donors (Lipinski definition) is 1. The fourth-order valence-electron chi connectivity index (χ4n) is 2.13. The van der Waals surface area contributed by atoms with Gasteiger partial charge in [0, 0.05) is 0 Å². The van der Waals surface area contributed by atoms with Gasteiger partial charge in [0.1, 0.15) is 6.61 Å². The predicted octanol–water partition coefficient (Wildman–Crippen LogP) is 1.93. The van der Waals surface area contributed by atoms with Gasteiger partial charge in [0.25, 0.3) is 0 Å². The Labute approximate surface area is 150 Å². The van der Waals surface area contributed by atoms with Gasteiger partial charge in [0.2, 0.25) is 17.5 Å². The number of carbonyl (C=O) groups excluding carboxylic acids is 1. The smallest absolute Gasteiger partial charge is 0.313 e. The molecule has 9 heteroatoms. The summed E-state index contributed by atoms with van der Waals surface area (Å²) in [6, 6.07) is 9.62. The van der Waals surface area contributed by atoms with Gasteiger partial charge in [0.05, 0.1) is 5.41 Å². The van der Waals surface area contributed by atoms with E-state index >= 15 is 0 Å². The second-order valence-corrected chi connectivity index (χ2v) is 6.73. The molecule has 0 radical (unpaired) electrons. The lowest BCUT2D eigenvalue weighted by Crippen LogP contribution is -2.24. The molecule has 0 bridgehead atoms. The minimum absolute atomic E-state index is 0.0271. The summed E-state index contributed by atoms with van der Waals surface area (Å²) in [5, 5.41) is 7.90. The van der Waals surface area contributed by atoms with Crippen molar-refractivity contribution in [1.29, 1.82) is 0 Å².